The molecule has 1 aromatic carbocycles. The molecule has 0 amide bonds. The first-order chi connectivity index (χ1) is 8.96. The Kier molecular flexibility index (Phi) is 4.25. The third-order valence-corrected chi connectivity index (χ3v) is 3.38. The molecule has 1 aliphatic carbocycles. The lowest BCUT2D eigenvalue weighted by Crippen LogP contribution is -2.43. The summed E-state index contributed by atoms with van der Waals surface area (Å²) in [6, 6.07) is 8.46. The van der Waals surface area contributed by atoms with Crippen molar-refractivity contribution in [3.63, 3.8) is 0 Å². The number of carbonyl (C=O) groups excluding carboxylic acids is 1. The molecule has 1 aromatic rings. The van der Waals surface area contributed by atoms with Gasteiger partial charge in [-0.05, 0) is 39.2 Å². The Morgan fingerprint density at radius 1 is 1.32 bits per heavy atom. The summed E-state index contributed by atoms with van der Waals surface area (Å²) in [5, 5.41) is 3.43. The van der Waals surface area contributed by atoms with Crippen molar-refractivity contribution < 1.29 is 9.53 Å². The molecule has 1 N–H and O–H groups in total. The molecule has 0 bridgehead atoms. The number of nitrogens with one attached hydrogen (secondary N) is 1. The maximum Gasteiger partial charge on any atom is 0.308 e. The zero-order valence-corrected chi connectivity index (χ0v) is 12.0. The summed E-state index contributed by atoms with van der Waals surface area (Å²) in [6.07, 6.45) is 1.99. The van der Waals surface area contributed by atoms with E-state index in [-0.39, 0.29) is 17.4 Å². The zero-order valence-electron chi connectivity index (χ0n) is 12.0. The van der Waals surface area contributed by atoms with Crippen LogP contribution in [0, 0.1) is 12.8 Å². The van der Waals surface area contributed by atoms with Gasteiger partial charge in [0.2, 0.25) is 0 Å². The second kappa shape index (κ2) is 5.74. The van der Waals surface area contributed by atoms with Crippen molar-refractivity contribution in [2.75, 3.05) is 6.61 Å². The molecule has 1 aliphatic rings. The molecule has 0 spiro atoms. The fourth-order valence-electron chi connectivity index (χ4n) is 1.79. The van der Waals surface area contributed by atoms with Gasteiger partial charge in [-0.15, -0.1) is 0 Å². The van der Waals surface area contributed by atoms with E-state index in [2.05, 4.69) is 50.4 Å². The molecule has 0 aromatic heterocycles. The fourth-order valence-corrected chi connectivity index (χ4v) is 1.79. The highest BCUT2D eigenvalue weighted by molar-refractivity contribution is 5.74. The van der Waals surface area contributed by atoms with Gasteiger partial charge < -0.3 is 10.1 Å². The lowest BCUT2D eigenvalue weighted by molar-refractivity contribution is -0.147. The Balaban J connectivity index is 1.76. The topological polar surface area (TPSA) is 38.3 Å². The predicted molar refractivity (Wildman–Crippen MR) is 75.8 cm³/mol. The summed E-state index contributed by atoms with van der Waals surface area (Å²) in [6.45, 7) is 7.41. The van der Waals surface area contributed by atoms with Crippen LogP contribution < -0.4 is 5.32 Å². The van der Waals surface area contributed by atoms with Crippen LogP contribution in [0.3, 0.4) is 0 Å². The predicted octanol–water partition coefficient (Wildman–Crippen LogP) is 2.82. The SMILES string of the molecule is Cc1ccc(CNC(C)(C)COC(=O)C2CC2)cc1. The van der Waals surface area contributed by atoms with E-state index in [1.165, 1.54) is 11.1 Å². The van der Waals surface area contributed by atoms with Crippen molar-refractivity contribution in [2.45, 2.75) is 45.7 Å². The van der Waals surface area contributed by atoms with E-state index < -0.39 is 0 Å². The van der Waals surface area contributed by atoms with Crippen molar-refractivity contribution in [3.8, 4) is 0 Å². The Bertz CT molecular complexity index is 433. The van der Waals surface area contributed by atoms with E-state index in [1.807, 2.05) is 0 Å². The van der Waals surface area contributed by atoms with Gasteiger partial charge in [0.25, 0.3) is 0 Å². The number of ether oxygens (including phenoxy) is 1. The lowest BCUT2D eigenvalue weighted by atomic mass is 10.1. The van der Waals surface area contributed by atoms with Crippen LogP contribution in [-0.2, 0) is 16.1 Å². The second-order valence-electron chi connectivity index (χ2n) is 6.11. The molecule has 2 rings (SSSR count). The number of esters is 1. The van der Waals surface area contributed by atoms with Gasteiger partial charge in [0.15, 0.2) is 0 Å². The zero-order chi connectivity index (χ0) is 13.9. The average Bonchev–Trinajstić information content (AvgIpc) is 3.20. The number of carbonyl (C=O) groups is 1. The first kappa shape index (κ1) is 14.1. The Morgan fingerprint density at radius 2 is 1.95 bits per heavy atom. The van der Waals surface area contributed by atoms with Crippen LogP contribution in [0.15, 0.2) is 24.3 Å². The number of aryl methyl sites for hydroxylation is 1. The molecule has 3 heteroatoms. The molecule has 0 atom stereocenters. The molecule has 1 saturated carbocycles. The van der Waals surface area contributed by atoms with Gasteiger partial charge in [-0.25, -0.2) is 0 Å². The van der Waals surface area contributed by atoms with Crippen molar-refractivity contribution in [1.29, 1.82) is 0 Å². The second-order valence-corrected chi connectivity index (χ2v) is 6.11. The Morgan fingerprint density at radius 3 is 2.53 bits per heavy atom. The average molecular weight is 261 g/mol. The third kappa shape index (κ3) is 4.67. The summed E-state index contributed by atoms with van der Waals surface area (Å²) in [4.78, 5) is 11.5. The Hall–Kier alpha value is -1.35. The summed E-state index contributed by atoms with van der Waals surface area (Å²) in [5.41, 5.74) is 2.31. The molecule has 0 saturated heterocycles. The van der Waals surface area contributed by atoms with Crippen LogP contribution in [0.4, 0.5) is 0 Å². The Labute approximate surface area is 115 Å². The van der Waals surface area contributed by atoms with Crippen molar-refractivity contribution >= 4 is 5.97 Å². The van der Waals surface area contributed by atoms with Crippen molar-refractivity contribution in [1.82, 2.24) is 5.32 Å². The van der Waals surface area contributed by atoms with E-state index in [1.54, 1.807) is 0 Å². The number of hydrogen-bond donors (Lipinski definition) is 1. The quantitative estimate of drug-likeness (QED) is 0.800. The maximum absolute atomic E-state index is 11.5. The van der Waals surface area contributed by atoms with Crippen LogP contribution >= 0.6 is 0 Å². The van der Waals surface area contributed by atoms with Gasteiger partial charge in [-0.2, -0.15) is 0 Å². The molecule has 0 unspecified atom stereocenters. The first-order valence-electron chi connectivity index (χ1n) is 6.93. The molecule has 0 radical (unpaired) electrons. The normalized spacial score (nSPS) is 15.3. The maximum atomic E-state index is 11.5. The standard InChI is InChI=1S/C16H23NO2/c1-12-4-6-13(7-5-12)10-17-16(2,3)11-19-15(18)14-8-9-14/h4-7,14,17H,8-11H2,1-3H3. The van der Waals surface area contributed by atoms with Crippen molar-refractivity contribution in [3.05, 3.63) is 35.4 Å². The summed E-state index contributed by atoms with van der Waals surface area (Å²) >= 11 is 0. The molecule has 0 aliphatic heterocycles. The number of hydrogen-bond acceptors (Lipinski definition) is 3. The largest absolute Gasteiger partial charge is 0.464 e. The minimum absolute atomic E-state index is 0.0368. The molecular weight excluding hydrogens is 238 g/mol. The van der Waals surface area contributed by atoms with E-state index >= 15 is 0 Å². The molecule has 19 heavy (non-hydrogen) atoms. The van der Waals surface area contributed by atoms with Crippen molar-refractivity contribution in [2.24, 2.45) is 5.92 Å². The van der Waals surface area contributed by atoms with E-state index in [0.29, 0.717) is 6.61 Å². The van der Waals surface area contributed by atoms with Gasteiger partial charge in [-0.1, -0.05) is 29.8 Å². The molecule has 3 nitrogen and oxygen atoms in total. The molecule has 1 fully saturated rings. The smallest absolute Gasteiger partial charge is 0.308 e. The van der Waals surface area contributed by atoms with Gasteiger partial charge in [-0.3, -0.25) is 4.79 Å². The summed E-state index contributed by atoms with van der Waals surface area (Å²) < 4.78 is 5.34. The van der Waals surface area contributed by atoms with Crippen LogP contribution in [0.2, 0.25) is 0 Å². The van der Waals surface area contributed by atoms with Gasteiger partial charge in [0.05, 0.1) is 5.92 Å². The molecule has 104 valence electrons. The summed E-state index contributed by atoms with van der Waals surface area (Å²) in [5.74, 6) is 0.137. The van der Waals surface area contributed by atoms with Gasteiger partial charge in [0.1, 0.15) is 6.61 Å². The minimum Gasteiger partial charge on any atom is -0.464 e. The molecule has 0 heterocycles. The van der Waals surface area contributed by atoms with Crippen LogP contribution in [0.5, 0.6) is 0 Å². The van der Waals surface area contributed by atoms with Gasteiger partial charge in [0, 0.05) is 12.1 Å². The minimum atomic E-state index is -0.199. The number of rotatable bonds is 6. The highest BCUT2D eigenvalue weighted by Gasteiger charge is 2.32. The monoisotopic (exact) mass is 261 g/mol. The first-order valence-corrected chi connectivity index (χ1v) is 6.93. The van der Waals surface area contributed by atoms with Gasteiger partial charge >= 0.3 is 5.97 Å². The third-order valence-electron chi connectivity index (χ3n) is 3.38. The highest BCUT2D eigenvalue weighted by Crippen LogP contribution is 2.30. The summed E-state index contributed by atoms with van der Waals surface area (Å²) in [7, 11) is 0. The highest BCUT2D eigenvalue weighted by atomic mass is 16.5. The van der Waals surface area contributed by atoms with Crippen LogP contribution in [0.25, 0.3) is 0 Å². The number of benzene rings is 1. The van der Waals surface area contributed by atoms with E-state index in [0.717, 1.165) is 19.4 Å². The van der Waals surface area contributed by atoms with Crippen LogP contribution in [-0.4, -0.2) is 18.1 Å². The van der Waals surface area contributed by atoms with Crippen LogP contribution in [0.1, 0.15) is 37.8 Å². The van der Waals surface area contributed by atoms with E-state index in [9.17, 15) is 4.79 Å². The van der Waals surface area contributed by atoms with E-state index in [4.69, 9.17) is 4.74 Å². The lowest BCUT2D eigenvalue weighted by Gasteiger charge is -2.26. The molecular formula is C16H23NO2. The fraction of sp³-hybridized carbons (Fsp3) is 0.562.